The van der Waals surface area contributed by atoms with E-state index in [1.165, 1.54) is 0 Å². The number of aromatic nitrogens is 1. The van der Waals surface area contributed by atoms with Crippen molar-refractivity contribution in [1.29, 1.82) is 0 Å². The molecule has 21 heavy (non-hydrogen) atoms. The molecule has 1 aliphatic heterocycles. The lowest BCUT2D eigenvalue weighted by Gasteiger charge is -2.37. The summed E-state index contributed by atoms with van der Waals surface area (Å²) in [5, 5.41) is 10.6. The van der Waals surface area contributed by atoms with E-state index >= 15 is 0 Å². The molecule has 2 rings (SSSR count). The van der Waals surface area contributed by atoms with E-state index < -0.39 is 17.4 Å². The lowest BCUT2D eigenvalue weighted by molar-refractivity contribution is -0.159. The fraction of sp³-hybridized carbons (Fsp3) is 0.500. The average molecular weight is 357 g/mol. The molecule has 1 aromatic heterocycles. The smallest absolute Gasteiger partial charge is 0.348 e. The van der Waals surface area contributed by atoms with Crippen molar-refractivity contribution in [2.75, 3.05) is 24.6 Å². The highest BCUT2D eigenvalue weighted by Gasteiger charge is 2.51. The first-order valence-electron chi connectivity index (χ1n) is 6.79. The molecule has 2 heterocycles. The summed E-state index contributed by atoms with van der Waals surface area (Å²) in [4.78, 5) is 30.5. The average Bonchev–Trinajstić information content (AvgIpc) is 2.48. The first kappa shape index (κ1) is 15.9. The number of aliphatic hydroxyl groups is 1. The summed E-state index contributed by atoms with van der Waals surface area (Å²) in [6, 6.07) is 1.56. The Balaban J connectivity index is 2.43. The van der Waals surface area contributed by atoms with Crippen molar-refractivity contribution in [3.05, 3.63) is 22.3 Å². The van der Waals surface area contributed by atoms with Gasteiger partial charge in [0.25, 0.3) is 0 Å². The number of hydrogen-bond donors (Lipinski definition) is 1. The topological polar surface area (TPSA) is 79.7 Å². The summed E-state index contributed by atoms with van der Waals surface area (Å²) in [7, 11) is 0. The molecule has 1 N–H and O–H groups in total. The molecular weight excluding hydrogens is 340 g/mol. The van der Waals surface area contributed by atoms with Crippen LogP contribution in [0, 0.1) is 0 Å². The minimum Gasteiger partial charge on any atom is -0.463 e. The van der Waals surface area contributed by atoms with Crippen LogP contribution in [0.3, 0.4) is 0 Å². The minimum absolute atomic E-state index is 0.146. The van der Waals surface area contributed by atoms with Gasteiger partial charge in [-0.3, -0.25) is 4.79 Å². The van der Waals surface area contributed by atoms with E-state index in [1.54, 1.807) is 17.2 Å². The standard InChI is InChI=1S/C14H17BrN2O4/c1-3-5-21-13(19)14(20)8-17(4-2)12-10(11(14)18)6-9(15)7-16-12/h6-7,20H,3-5,8H2,1-2H3. The zero-order valence-electron chi connectivity index (χ0n) is 11.9. The number of anilines is 1. The van der Waals surface area contributed by atoms with Crippen LogP contribution in [0.5, 0.6) is 0 Å². The molecule has 0 bridgehead atoms. The van der Waals surface area contributed by atoms with Gasteiger partial charge in [0.1, 0.15) is 5.82 Å². The number of carbonyl (C=O) groups is 2. The van der Waals surface area contributed by atoms with Gasteiger partial charge in [0.05, 0.1) is 18.7 Å². The van der Waals surface area contributed by atoms with Crippen molar-refractivity contribution in [3.8, 4) is 0 Å². The monoisotopic (exact) mass is 356 g/mol. The third-order valence-corrected chi connectivity index (χ3v) is 3.76. The number of fused-ring (bicyclic) bond motifs is 1. The highest BCUT2D eigenvalue weighted by molar-refractivity contribution is 9.10. The Morgan fingerprint density at radius 3 is 2.90 bits per heavy atom. The van der Waals surface area contributed by atoms with Crippen molar-refractivity contribution in [1.82, 2.24) is 4.98 Å². The fourth-order valence-electron chi connectivity index (χ4n) is 2.23. The largest absolute Gasteiger partial charge is 0.463 e. The number of esters is 1. The van der Waals surface area contributed by atoms with Gasteiger partial charge in [-0.15, -0.1) is 0 Å². The van der Waals surface area contributed by atoms with Crippen LogP contribution in [0.15, 0.2) is 16.7 Å². The van der Waals surface area contributed by atoms with Gasteiger partial charge in [-0.05, 0) is 35.3 Å². The normalized spacial score (nSPS) is 21.1. The van der Waals surface area contributed by atoms with E-state index in [2.05, 4.69) is 20.9 Å². The highest BCUT2D eigenvalue weighted by atomic mass is 79.9. The predicted molar refractivity (Wildman–Crippen MR) is 80.4 cm³/mol. The number of carbonyl (C=O) groups excluding carboxylic acids is 2. The minimum atomic E-state index is -2.18. The Morgan fingerprint density at radius 2 is 2.29 bits per heavy atom. The van der Waals surface area contributed by atoms with E-state index in [0.29, 0.717) is 23.3 Å². The van der Waals surface area contributed by atoms with E-state index in [9.17, 15) is 14.7 Å². The lowest BCUT2D eigenvalue weighted by atomic mass is 9.88. The number of ether oxygens (including phenoxy) is 1. The summed E-state index contributed by atoms with van der Waals surface area (Å²) >= 11 is 3.25. The Labute approximate surface area is 131 Å². The molecule has 0 aliphatic carbocycles. The Hall–Kier alpha value is -1.47. The number of β-amino-alcohol motifs (C(OH)–C–C–N with tert-alkyl or cyclic N) is 1. The van der Waals surface area contributed by atoms with Crippen LogP contribution in [-0.2, 0) is 9.53 Å². The molecule has 114 valence electrons. The van der Waals surface area contributed by atoms with Crippen molar-refractivity contribution in [2.45, 2.75) is 25.9 Å². The molecule has 7 heteroatoms. The third-order valence-electron chi connectivity index (χ3n) is 3.33. The summed E-state index contributed by atoms with van der Waals surface area (Å²) in [5.41, 5.74) is -1.96. The molecule has 1 aromatic rings. The number of ketones is 1. The second-order valence-electron chi connectivity index (χ2n) is 4.86. The maximum atomic E-state index is 12.5. The lowest BCUT2D eigenvalue weighted by Crippen LogP contribution is -2.59. The Bertz CT molecular complexity index is 578. The molecule has 0 amide bonds. The maximum absolute atomic E-state index is 12.5. The van der Waals surface area contributed by atoms with Crippen LogP contribution in [0.25, 0.3) is 0 Å². The third kappa shape index (κ3) is 2.80. The van der Waals surface area contributed by atoms with Gasteiger partial charge in [0.2, 0.25) is 11.4 Å². The molecule has 1 unspecified atom stereocenters. The Morgan fingerprint density at radius 1 is 1.57 bits per heavy atom. The molecule has 0 saturated carbocycles. The molecule has 0 spiro atoms. The van der Waals surface area contributed by atoms with E-state index in [1.807, 2.05) is 13.8 Å². The first-order valence-corrected chi connectivity index (χ1v) is 7.58. The van der Waals surface area contributed by atoms with Crippen LogP contribution in [0.1, 0.15) is 30.6 Å². The van der Waals surface area contributed by atoms with E-state index in [4.69, 9.17) is 4.74 Å². The molecule has 6 nitrogen and oxygen atoms in total. The van der Waals surface area contributed by atoms with Gasteiger partial charge >= 0.3 is 5.97 Å². The molecule has 1 atom stereocenters. The van der Waals surface area contributed by atoms with Crippen LogP contribution in [-0.4, -0.2) is 47.1 Å². The number of nitrogens with zero attached hydrogens (tertiary/aromatic N) is 2. The quantitative estimate of drug-likeness (QED) is 0.651. The summed E-state index contributed by atoms with van der Waals surface area (Å²) < 4.78 is 5.58. The second-order valence-corrected chi connectivity index (χ2v) is 5.78. The SMILES string of the molecule is CCCOC(=O)C1(O)CN(CC)c2ncc(Br)cc2C1=O. The van der Waals surface area contributed by atoms with E-state index in [-0.39, 0.29) is 18.7 Å². The van der Waals surface area contributed by atoms with Crippen molar-refractivity contribution in [3.63, 3.8) is 0 Å². The molecule has 0 saturated heterocycles. The number of hydrogen-bond acceptors (Lipinski definition) is 6. The Kier molecular flexibility index (Phi) is 4.63. The van der Waals surface area contributed by atoms with Gasteiger partial charge in [-0.25, -0.2) is 9.78 Å². The number of likely N-dealkylation sites (N-methyl/N-ethyl adjacent to an activating group) is 1. The fourth-order valence-corrected chi connectivity index (χ4v) is 2.56. The zero-order valence-corrected chi connectivity index (χ0v) is 13.5. The zero-order chi connectivity index (χ0) is 15.6. The number of halogens is 1. The van der Waals surface area contributed by atoms with Crippen molar-refractivity contribution >= 4 is 33.5 Å². The number of pyridine rings is 1. The second kappa shape index (κ2) is 6.11. The summed E-state index contributed by atoms with van der Waals surface area (Å²) in [6.07, 6.45) is 2.20. The predicted octanol–water partition coefficient (Wildman–Crippen LogP) is 1.55. The molecule has 0 fully saturated rings. The van der Waals surface area contributed by atoms with Gasteiger partial charge in [0.15, 0.2) is 0 Å². The van der Waals surface area contributed by atoms with Gasteiger partial charge in [-0.1, -0.05) is 6.92 Å². The molecule has 0 radical (unpaired) electrons. The van der Waals surface area contributed by atoms with Gasteiger partial charge in [0, 0.05) is 17.2 Å². The van der Waals surface area contributed by atoms with E-state index in [0.717, 1.165) is 0 Å². The van der Waals surface area contributed by atoms with Crippen LogP contribution in [0.2, 0.25) is 0 Å². The molecule has 1 aliphatic rings. The number of Topliss-reactive ketones (excluding diaryl/α,β-unsaturated/α-hetero) is 1. The first-order chi connectivity index (χ1) is 9.93. The number of rotatable bonds is 4. The van der Waals surface area contributed by atoms with Gasteiger partial charge in [-0.2, -0.15) is 0 Å². The molecular formula is C14H17BrN2O4. The van der Waals surface area contributed by atoms with Crippen LogP contribution >= 0.6 is 15.9 Å². The highest BCUT2D eigenvalue weighted by Crippen LogP contribution is 2.32. The van der Waals surface area contributed by atoms with Crippen molar-refractivity contribution in [2.24, 2.45) is 0 Å². The van der Waals surface area contributed by atoms with Gasteiger partial charge < -0.3 is 14.7 Å². The van der Waals surface area contributed by atoms with Crippen LogP contribution in [0.4, 0.5) is 5.82 Å². The summed E-state index contributed by atoms with van der Waals surface area (Å²) in [5.74, 6) is -1.10. The maximum Gasteiger partial charge on any atom is 0.348 e. The van der Waals surface area contributed by atoms with Crippen LogP contribution < -0.4 is 4.90 Å². The van der Waals surface area contributed by atoms with Crippen molar-refractivity contribution < 1.29 is 19.4 Å². The molecule has 0 aromatic carbocycles. The summed E-state index contributed by atoms with van der Waals surface area (Å²) in [6.45, 7) is 4.24.